The molecule has 6 nitrogen and oxygen atoms in total. The Morgan fingerprint density at radius 1 is 1.29 bits per heavy atom. The monoisotopic (exact) mass is 231 g/mol. The smallest absolute Gasteiger partial charge is 0.292 e. The molecular formula is C11H9N3O3. The van der Waals surface area contributed by atoms with Crippen LogP contribution in [0.3, 0.4) is 0 Å². The summed E-state index contributed by atoms with van der Waals surface area (Å²) in [4.78, 5) is 24.2. The Bertz CT molecular complexity index is 634. The molecule has 17 heavy (non-hydrogen) atoms. The third-order valence-corrected chi connectivity index (χ3v) is 2.36. The van der Waals surface area contributed by atoms with Gasteiger partial charge in [0.25, 0.3) is 11.2 Å². The lowest BCUT2D eigenvalue weighted by molar-refractivity contribution is -0.383. The first-order chi connectivity index (χ1) is 8.09. The molecule has 2 aromatic rings. The van der Waals surface area contributed by atoms with Gasteiger partial charge in [0, 0.05) is 17.8 Å². The lowest BCUT2D eigenvalue weighted by Crippen LogP contribution is -2.07. The Morgan fingerprint density at radius 2 is 2.06 bits per heavy atom. The van der Waals surface area contributed by atoms with Crippen molar-refractivity contribution >= 4 is 11.4 Å². The number of H-pyrrole nitrogens is 1. The summed E-state index contributed by atoms with van der Waals surface area (Å²) >= 11 is 0. The Morgan fingerprint density at radius 3 is 2.71 bits per heavy atom. The SMILES string of the molecule is Nc1ccc(-c2ccc[nH]c2=O)cc1[N+](=O)[O-]. The predicted octanol–water partition coefficient (Wildman–Crippen LogP) is 1.53. The number of hydrogen-bond acceptors (Lipinski definition) is 4. The predicted molar refractivity (Wildman–Crippen MR) is 63.6 cm³/mol. The molecule has 1 aromatic carbocycles. The van der Waals surface area contributed by atoms with Crippen molar-refractivity contribution in [3.63, 3.8) is 0 Å². The summed E-state index contributed by atoms with van der Waals surface area (Å²) in [6, 6.07) is 7.53. The van der Waals surface area contributed by atoms with Crippen molar-refractivity contribution < 1.29 is 4.92 Å². The molecule has 1 heterocycles. The van der Waals surface area contributed by atoms with Gasteiger partial charge in [0.05, 0.1) is 4.92 Å². The molecule has 0 saturated carbocycles. The summed E-state index contributed by atoms with van der Waals surface area (Å²) in [6.07, 6.45) is 1.50. The van der Waals surface area contributed by atoms with Gasteiger partial charge in [-0.2, -0.15) is 0 Å². The molecule has 0 atom stereocenters. The van der Waals surface area contributed by atoms with E-state index in [-0.39, 0.29) is 16.9 Å². The minimum absolute atomic E-state index is 0.0751. The molecule has 0 fully saturated rings. The highest BCUT2D eigenvalue weighted by atomic mass is 16.6. The van der Waals surface area contributed by atoms with Crippen LogP contribution in [0.15, 0.2) is 41.3 Å². The molecule has 2 rings (SSSR count). The lowest BCUT2D eigenvalue weighted by Gasteiger charge is -2.02. The van der Waals surface area contributed by atoms with E-state index in [1.165, 1.54) is 18.3 Å². The van der Waals surface area contributed by atoms with Crippen LogP contribution in [0.1, 0.15) is 0 Å². The second kappa shape index (κ2) is 4.09. The minimum Gasteiger partial charge on any atom is -0.393 e. The molecule has 0 spiro atoms. The molecule has 0 unspecified atom stereocenters. The number of nitrogens with one attached hydrogen (secondary N) is 1. The van der Waals surface area contributed by atoms with Crippen LogP contribution in [0.5, 0.6) is 0 Å². The average molecular weight is 231 g/mol. The molecule has 6 heteroatoms. The maximum atomic E-state index is 11.5. The first-order valence-electron chi connectivity index (χ1n) is 4.81. The van der Waals surface area contributed by atoms with Crippen molar-refractivity contribution in [3.05, 3.63) is 57.0 Å². The number of hydrogen-bond donors (Lipinski definition) is 2. The number of rotatable bonds is 2. The largest absolute Gasteiger partial charge is 0.393 e. The van der Waals surface area contributed by atoms with Gasteiger partial charge in [-0.05, 0) is 23.8 Å². The molecule has 3 N–H and O–H groups in total. The molecule has 0 aliphatic heterocycles. The van der Waals surface area contributed by atoms with Gasteiger partial charge in [-0.15, -0.1) is 0 Å². The van der Waals surface area contributed by atoms with Crippen LogP contribution in [0.2, 0.25) is 0 Å². The zero-order valence-electron chi connectivity index (χ0n) is 8.71. The lowest BCUT2D eigenvalue weighted by atomic mass is 10.1. The van der Waals surface area contributed by atoms with Crippen LogP contribution < -0.4 is 11.3 Å². The van der Waals surface area contributed by atoms with E-state index in [2.05, 4.69) is 4.98 Å². The number of nitrogens with two attached hydrogens (primary N) is 1. The molecule has 0 aliphatic rings. The van der Waals surface area contributed by atoms with E-state index in [1.54, 1.807) is 18.2 Å². The highest BCUT2D eigenvalue weighted by Gasteiger charge is 2.13. The molecule has 86 valence electrons. The fraction of sp³-hybridized carbons (Fsp3) is 0. The Labute approximate surface area is 95.9 Å². The van der Waals surface area contributed by atoms with E-state index in [9.17, 15) is 14.9 Å². The zero-order valence-corrected chi connectivity index (χ0v) is 8.71. The number of benzene rings is 1. The molecule has 1 aromatic heterocycles. The van der Waals surface area contributed by atoms with E-state index < -0.39 is 4.92 Å². The number of nitrogen functional groups attached to an aromatic ring is 1. The molecule has 0 bridgehead atoms. The Balaban J connectivity index is 2.62. The van der Waals surface area contributed by atoms with E-state index in [0.29, 0.717) is 11.1 Å². The standard InChI is InChI=1S/C11H9N3O3/c12-9-4-3-7(6-10(9)14(16)17)8-2-1-5-13-11(8)15/h1-6H,12H2,(H,13,15). The fourth-order valence-electron chi connectivity index (χ4n) is 1.52. The summed E-state index contributed by atoms with van der Waals surface area (Å²) in [5.74, 6) is 0. The van der Waals surface area contributed by atoms with Crippen LogP contribution in [0, 0.1) is 10.1 Å². The van der Waals surface area contributed by atoms with Crippen molar-refractivity contribution in [1.29, 1.82) is 0 Å². The number of pyridine rings is 1. The minimum atomic E-state index is -0.573. The highest BCUT2D eigenvalue weighted by molar-refractivity contribution is 5.71. The van der Waals surface area contributed by atoms with Crippen molar-refractivity contribution in [2.75, 3.05) is 5.73 Å². The van der Waals surface area contributed by atoms with E-state index >= 15 is 0 Å². The molecule has 0 aliphatic carbocycles. The van der Waals surface area contributed by atoms with E-state index in [0.717, 1.165) is 0 Å². The maximum Gasteiger partial charge on any atom is 0.292 e. The summed E-state index contributed by atoms with van der Waals surface area (Å²) in [5.41, 5.74) is 5.89. The van der Waals surface area contributed by atoms with Gasteiger partial charge in [0.1, 0.15) is 5.69 Å². The van der Waals surface area contributed by atoms with Gasteiger partial charge >= 0.3 is 0 Å². The van der Waals surface area contributed by atoms with Crippen LogP contribution in [-0.4, -0.2) is 9.91 Å². The Hall–Kier alpha value is -2.63. The highest BCUT2D eigenvalue weighted by Crippen LogP contribution is 2.26. The summed E-state index contributed by atoms with van der Waals surface area (Å²) in [6.45, 7) is 0. The fourth-order valence-corrected chi connectivity index (χ4v) is 1.52. The first kappa shape index (κ1) is 10.9. The second-order valence-corrected chi connectivity index (χ2v) is 3.44. The van der Waals surface area contributed by atoms with Gasteiger partial charge in [-0.25, -0.2) is 0 Å². The van der Waals surface area contributed by atoms with Gasteiger partial charge in [0.2, 0.25) is 0 Å². The summed E-state index contributed by atoms with van der Waals surface area (Å²) in [7, 11) is 0. The molecule has 0 amide bonds. The number of nitro groups is 1. The first-order valence-corrected chi connectivity index (χ1v) is 4.81. The average Bonchev–Trinajstić information content (AvgIpc) is 2.30. The summed E-state index contributed by atoms with van der Waals surface area (Å²) < 4.78 is 0. The van der Waals surface area contributed by atoms with Crippen LogP contribution in [0.4, 0.5) is 11.4 Å². The third-order valence-electron chi connectivity index (χ3n) is 2.36. The second-order valence-electron chi connectivity index (χ2n) is 3.44. The number of aromatic amines is 1. The van der Waals surface area contributed by atoms with Crippen molar-refractivity contribution in [1.82, 2.24) is 4.98 Å². The van der Waals surface area contributed by atoms with Gasteiger partial charge in [-0.1, -0.05) is 6.07 Å². The van der Waals surface area contributed by atoms with Crippen LogP contribution in [-0.2, 0) is 0 Å². The van der Waals surface area contributed by atoms with Crippen molar-refractivity contribution in [2.24, 2.45) is 0 Å². The molecule has 0 saturated heterocycles. The topological polar surface area (TPSA) is 102 Å². The zero-order chi connectivity index (χ0) is 12.4. The number of nitro benzene ring substituents is 1. The van der Waals surface area contributed by atoms with Gasteiger partial charge in [0.15, 0.2) is 0 Å². The van der Waals surface area contributed by atoms with E-state index in [1.807, 2.05) is 0 Å². The van der Waals surface area contributed by atoms with Gasteiger partial charge < -0.3 is 10.7 Å². The van der Waals surface area contributed by atoms with E-state index in [4.69, 9.17) is 5.73 Å². The van der Waals surface area contributed by atoms with Crippen molar-refractivity contribution in [3.8, 4) is 11.1 Å². The maximum absolute atomic E-state index is 11.5. The van der Waals surface area contributed by atoms with Gasteiger partial charge in [-0.3, -0.25) is 14.9 Å². The summed E-state index contributed by atoms with van der Waals surface area (Å²) in [5, 5.41) is 10.7. The quantitative estimate of drug-likeness (QED) is 0.464. The number of aromatic nitrogens is 1. The molecule has 0 radical (unpaired) electrons. The van der Waals surface area contributed by atoms with Crippen LogP contribution in [0.25, 0.3) is 11.1 Å². The number of nitrogens with zero attached hydrogens (tertiary/aromatic N) is 1. The normalized spacial score (nSPS) is 10.1. The van der Waals surface area contributed by atoms with Crippen LogP contribution >= 0.6 is 0 Å². The molecular weight excluding hydrogens is 222 g/mol. The number of anilines is 1. The van der Waals surface area contributed by atoms with Crippen molar-refractivity contribution in [2.45, 2.75) is 0 Å². The third kappa shape index (κ3) is 2.00. The Kier molecular flexibility index (Phi) is 2.61.